The van der Waals surface area contributed by atoms with Gasteiger partial charge in [0, 0.05) is 17.2 Å². The average Bonchev–Trinajstić information content (AvgIpc) is 2.54. The van der Waals surface area contributed by atoms with E-state index in [-0.39, 0.29) is 33.4 Å². The van der Waals surface area contributed by atoms with Gasteiger partial charge in [0.05, 0.1) is 0 Å². The Balaban J connectivity index is 0.00000529. The van der Waals surface area contributed by atoms with Crippen molar-refractivity contribution in [1.29, 1.82) is 0 Å². The van der Waals surface area contributed by atoms with E-state index in [0.29, 0.717) is 17.7 Å². The molecule has 1 aromatic rings. The molecule has 0 saturated carbocycles. The topological polar surface area (TPSA) is 46.2 Å². The van der Waals surface area contributed by atoms with Crippen molar-refractivity contribution in [2.45, 2.75) is 71.1 Å². The summed E-state index contributed by atoms with van der Waals surface area (Å²) in [7, 11) is 0. The summed E-state index contributed by atoms with van der Waals surface area (Å²) in [5.74, 6) is 0.0328. The molecule has 0 aliphatic heterocycles. The number of hydrogen-bond donors (Lipinski definition) is 1. The van der Waals surface area contributed by atoms with Crippen LogP contribution in [-0.2, 0) is 39.8 Å². The Morgan fingerprint density at radius 3 is 1.88 bits per heavy atom. The van der Waals surface area contributed by atoms with Crippen molar-refractivity contribution < 1.29 is 32.0 Å². The van der Waals surface area contributed by atoms with Crippen LogP contribution >= 0.6 is 0 Å². The summed E-state index contributed by atoms with van der Waals surface area (Å²) in [5.41, 5.74) is 1.20. The molecule has 5 heteroatoms. The maximum Gasteiger partial charge on any atom is 1.00 e. The third kappa shape index (κ3) is 11.0. The molecule has 0 aliphatic carbocycles. The first-order chi connectivity index (χ1) is 11.1. The molecule has 0 radical (unpaired) electrons. The predicted molar refractivity (Wildman–Crippen MR) is 98.6 cm³/mol. The van der Waals surface area contributed by atoms with E-state index in [9.17, 15) is 9.59 Å². The summed E-state index contributed by atoms with van der Waals surface area (Å²) >= 11 is 4.57. The van der Waals surface area contributed by atoms with Crippen LogP contribution in [0.5, 0.6) is 0 Å². The SMILES string of the molecule is CCCCCCCCCCCC(=O)Nc1ccc(C(=O)[S-])cc1.[Au+]. The van der Waals surface area contributed by atoms with Gasteiger partial charge in [-0.1, -0.05) is 70.4 Å². The minimum atomic E-state index is -0.377. The third-order valence-corrected chi connectivity index (χ3v) is 4.15. The van der Waals surface area contributed by atoms with Gasteiger partial charge in [-0.15, -0.1) is 0 Å². The molecule has 0 bridgehead atoms. The second-order valence-electron chi connectivity index (χ2n) is 5.99. The zero-order valence-electron chi connectivity index (χ0n) is 14.4. The first-order valence-corrected chi connectivity index (χ1v) is 9.15. The van der Waals surface area contributed by atoms with Crippen molar-refractivity contribution in [2.24, 2.45) is 0 Å². The van der Waals surface area contributed by atoms with Crippen molar-refractivity contribution in [3.05, 3.63) is 29.8 Å². The maximum atomic E-state index is 11.8. The van der Waals surface area contributed by atoms with Crippen molar-refractivity contribution in [3.63, 3.8) is 0 Å². The van der Waals surface area contributed by atoms with E-state index < -0.39 is 0 Å². The van der Waals surface area contributed by atoms with Crippen molar-refractivity contribution >= 4 is 29.3 Å². The normalized spacial score (nSPS) is 10.0. The van der Waals surface area contributed by atoms with Crippen LogP contribution in [0.25, 0.3) is 0 Å². The molecule has 1 amide bonds. The Morgan fingerprint density at radius 1 is 0.875 bits per heavy atom. The van der Waals surface area contributed by atoms with Gasteiger partial charge in [0.1, 0.15) is 0 Å². The Morgan fingerprint density at radius 2 is 1.38 bits per heavy atom. The number of anilines is 1. The molecule has 0 fully saturated rings. The zero-order chi connectivity index (χ0) is 16.9. The van der Waals surface area contributed by atoms with E-state index in [1.54, 1.807) is 24.3 Å². The number of amides is 1. The summed E-state index contributed by atoms with van der Waals surface area (Å²) in [4.78, 5) is 22.8. The zero-order valence-corrected chi connectivity index (χ0v) is 17.4. The number of carbonyl (C=O) groups is 2. The molecule has 138 valence electrons. The summed E-state index contributed by atoms with van der Waals surface area (Å²) in [6, 6.07) is 6.72. The molecule has 0 heterocycles. The minimum Gasteiger partial charge on any atom is -0.737 e. The molecule has 1 rings (SSSR count). The summed E-state index contributed by atoms with van der Waals surface area (Å²) in [6.45, 7) is 2.23. The molecule has 0 aromatic heterocycles. The van der Waals surface area contributed by atoms with Gasteiger partial charge in [0.25, 0.3) is 0 Å². The number of carbonyl (C=O) groups excluding carboxylic acids is 2. The van der Waals surface area contributed by atoms with Gasteiger partial charge in [-0.25, -0.2) is 0 Å². The van der Waals surface area contributed by atoms with Crippen LogP contribution in [0.4, 0.5) is 5.69 Å². The van der Waals surface area contributed by atoms with Crippen LogP contribution in [0.3, 0.4) is 0 Å². The van der Waals surface area contributed by atoms with Gasteiger partial charge in [0.2, 0.25) is 5.91 Å². The van der Waals surface area contributed by atoms with Gasteiger partial charge in [0.15, 0.2) is 0 Å². The van der Waals surface area contributed by atoms with E-state index in [2.05, 4.69) is 24.9 Å². The Kier molecular flexibility index (Phi) is 14.2. The van der Waals surface area contributed by atoms with Gasteiger partial charge in [-0.3, -0.25) is 4.79 Å². The van der Waals surface area contributed by atoms with Crippen LogP contribution in [0.15, 0.2) is 24.3 Å². The fourth-order valence-corrected chi connectivity index (χ4v) is 2.65. The number of rotatable bonds is 12. The van der Waals surface area contributed by atoms with Crippen LogP contribution in [0.2, 0.25) is 0 Å². The van der Waals surface area contributed by atoms with E-state index >= 15 is 0 Å². The number of benzene rings is 1. The quantitative estimate of drug-likeness (QED) is 0.228. The molecule has 3 nitrogen and oxygen atoms in total. The second kappa shape index (κ2) is 14.6. The first-order valence-electron chi connectivity index (χ1n) is 8.74. The van der Waals surface area contributed by atoms with Gasteiger partial charge in [-0.05, 0) is 24.1 Å². The van der Waals surface area contributed by atoms with Crippen molar-refractivity contribution in [2.75, 3.05) is 5.32 Å². The Labute approximate surface area is 167 Å². The largest absolute Gasteiger partial charge is 1.00 e. The number of nitrogens with one attached hydrogen (secondary N) is 1. The maximum absolute atomic E-state index is 11.8. The molecule has 0 atom stereocenters. The van der Waals surface area contributed by atoms with E-state index in [1.807, 2.05) is 0 Å². The van der Waals surface area contributed by atoms with Gasteiger partial charge in [-0.2, -0.15) is 0 Å². The minimum absolute atomic E-state index is 0. The first kappa shape index (κ1) is 23.3. The fourth-order valence-electron chi connectivity index (χ4n) is 2.51. The molecule has 0 spiro atoms. The third-order valence-electron chi connectivity index (χ3n) is 3.91. The van der Waals surface area contributed by atoms with Crippen LogP contribution < -0.4 is 5.32 Å². The molecule has 24 heavy (non-hydrogen) atoms. The van der Waals surface area contributed by atoms with E-state index in [1.165, 1.54) is 44.9 Å². The molecule has 1 aromatic carbocycles. The van der Waals surface area contributed by atoms with Crippen LogP contribution in [0, 0.1) is 0 Å². The molecule has 1 N–H and O–H groups in total. The monoisotopic (exact) mass is 531 g/mol. The van der Waals surface area contributed by atoms with Gasteiger partial charge < -0.3 is 22.7 Å². The Hall–Kier alpha value is -0.680. The molecular weight excluding hydrogens is 503 g/mol. The predicted octanol–water partition coefficient (Wildman–Crippen LogP) is 5.23. The Bertz CT molecular complexity index is 477. The fraction of sp³-hybridized carbons (Fsp3) is 0.579. The van der Waals surface area contributed by atoms with E-state index in [0.717, 1.165) is 12.8 Å². The van der Waals surface area contributed by atoms with Crippen LogP contribution in [0.1, 0.15) is 81.5 Å². The molecule has 0 aliphatic rings. The molecular formula is C19H28AuNO2S. The summed E-state index contributed by atoms with van der Waals surface area (Å²) in [6.07, 6.45) is 11.8. The van der Waals surface area contributed by atoms with Gasteiger partial charge >= 0.3 is 22.4 Å². The second-order valence-corrected chi connectivity index (χ2v) is 6.36. The summed E-state index contributed by atoms with van der Waals surface area (Å²) in [5, 5.41) is 2.47. The molecule has 0 unspecified atom stereocenters. The number of hydrogen-bond acceptors (Lipinski definition) is 3. The van der Waals surface area contributed by atoms with Crippen molar-refractivity contribution in [3.8, 4) is 0 Å². The smallest absolute Gasteiger partial charge is 0.737 e. The number of unbranched alkanes of at least 4 members (excludes halogenated alkanes) is 8. The van der Waals surface area contributed by atoms with E-state index in [4.69, 9.17) is 0 Å². The standard InChI is InChI=1S/C19H29NO2S.Au/c1-2-3-4-5-6-7-8-9-10-11-18(21)20-17-14-12-16(13-15-17)19(22)23;/h12-15H,2-11H2,1H3,(H,20,21)(H,22,23);/q;+1/p-1. The van der Waals surface area contributed by atoms with Crippen molar-refractivity contribution in [1.82, 2.24) is 0 Å². The molecule has 0 saturated heterocycles. The summed E-state index contributed by atoms with van der Waals surface area (Å²) < 4.78 is 0. The average molecular weight is 531 g/mol. The van der Waals surface area contributed by atoms with Crippen LogP contribution in [-0.4, -0.2) is 11.0 Å².